The van der Waals surface area contributed by atoms with Gasteiger partial charge in [-0.1, -0.05) is 0 Å². The van der Waals surface area contributed by atoms with Crippen LogP contribution in [0.25, 0.3) is 11.5 Å². The third-order valence-electron chi connectivity index (χ3n) is 4.66. The van der Waals surface area contributed by atoms with E-state index in [2.05, 4.69) is 9.88 Å². The van der Waals surface area contributed by atoms with Crippen LogP contribution in [0.3, 0.4) is 0 Å². The molecular weight excluding hydrogens is 320 g/mol. The molecule has 1 N–H and O–H groups in total. The Hall–Kier alpha value is -2.05. The molecule has 3 rings (SSSR count). The van der Waals surface area contributed by atoms with Gasteiger partial charge in [-0.3, -0.25) is 4.90 Å². The minimum atomic E-state index is -0.630. The molecule has 1 aromatic heterocycles. The minimum Gasteiger partial charge on any atom is -0.497 e. The summed E-state index contributed by atoms with van der Waals surface area (Å²) in [6.07, 6.45) is 1.83. The lowest BCUT2D eigenvalue weighted by molar-refractivity contribution is -0.0185. The van der Waals surface area contributed by atoms with Crippen molar-refractivity contribution in [1.29, 1.82) is 0 Å². The van der Waals surface area contributed by atoms with Gasteiger partial charge in [0, 0.05) is 13.1 Å². The average Bonchev–Trinajstić information content (AvgIpc) is 2.94. The predicted octanol–water partition coefficient (Wildman–Crippen LogP) is 3.01. The van der Waals surface area contributed by atoms with Crippen molar-refractivity contribution in [2.24, 2.45) is 0 Å². The number of aliphatic hydroxyl groups is 1. The number of aromatic nitrogens is 1. The number of aryl methyl sites for hydroxylation is 1. The Morgan fingerprint density at radius 1 is 1.32 bits per heavy atom. The van der Waals surface area contributed by atoms with Gasteiger partial charge in [-0.05, 0) is 51.4 Å². The summed E-state index contributed by atoms with van der Waals surface area (Å²) in [7, 11) is 3.25. The average molecular weight is 346 g/mol. The van der Waals surface area contributed by atoms with Crippen molar-refractivity contribution in [3.05, 3.63) is 29.7 Å². The highest BCUT2D eigenvalue weighted by atomic mass is 16.5. The maximum atomic E-state index is 10.3. The molecule has 136 valence electrons. The van der Waals surface area contributed by atoms with Crippen molar-refractivity contribution in [1.82, 2.24) is 9.88 Å². The molecule has 6 nitrogen and oxygen atoms in total. The van der Waals surface area contributed by atoms with Crippen LogP contribution in [0.4, 0.5) is 0 Å². The van der Waals surface area contributed by atoms with E-state index in [1.807, 2.05) is 32.0 Å². The molecule has 2 aromatic rings. The third-order valence-corrected chi connectivity index (χ3v) is 4.66. The number of β-amino-alcohol motifs (C(OH)–C–C–N with tert-alkyl or cyclic N) is 1. The first-order chi connectivity index (χ1) is 11.9. The summed E-state index contributed by atoms with van der Waals surface area (Å²) in [4.78, 5) is 6.90. The zero-order valence-electron chi connectivity index (χ0n) is 15.3. The number of oxazole rings is 1. The number of nitrogens with zero attached hydrogens (tertiary/aromatic N) is 2. The van der Waals surface area contributed by atoms with E-state index in [0.717, 1.165) is 42.2 Å². The predicted molar refractivity (Wildman–Crippen MR) is 94.9 cm³/mol. The van der Waals surface area contributed by atoms with Crippen molar-refractivity contribution < 1.29 is 19.0 Å². The van der Waals surface area contributed by atoms with Crippen LogP contribution in [-0.4, -0.2) is 47.9 Å². The SMILES string of the molecule is COc1ccc(OC)c(-c2nc(CN3CCC[C@@](C)(O)C3)c(C)o2)c1. The number of benzene rings is 1. The van der Waals surface area contributed by atoms with Crippen molar-refractivity contribution in [3.8, 4) is 23.0 Å². The molecule has 1 saturated heterocycles. The van der Waals surface area contributed by atoms with Crippen LogP contribution in [-0.2, 0) is 6.54 Å². The van der Waals surface area contributed by atoms with Crippen molar-refractivity contribution in [3.63, 3.8) is 0 Å². The highest BCUT2D eigenvalue weighted by Gasteiger charge is 2.29. The number of rotatable bonds is 5. The Morgan fingerprint density at radius 2 is 2.12 bits per heavy atom. The molecule has 0 spiro atoms. The molecule has 0 amide bonds. The van der Waals surface area contributed by atoms with Gasteiger partial charge in [0.1, 0.15) is 17.3 Å². The maximum Gasteiger partial charge on any atom is 0.230 e. The van der Waals surface area contributed by atoms with E-state index >= 15 is 0 Å². The molecule has 0 aliphatic carbocycles. The quantitative estimate of drug-likeness (QED) is 0.898. The Balaban J connectivity index is 1.85. The summed E-state index contributed by atoms with van der Waals surface area (Å²) in [6.45, 7) is 6.08. The fourth-order valence-electron chi connectivity index (χ4n) is 3.34. The molecule has 0 saturated carbocycles. The lowest BCUT2D eigenvalue weighted by Crippen LogP contribution is -2.45. The zero-order valence-corrected chi connectivity index (χ0v) is 15.3. The topological polar surface area (TPSA) is 68.0 Å². The van der Waals surface area contributed by atoms with E-state index in [1.165, 1.54) is 0 Å². The monoisotopic (exact) mass is 346 g/mol. The summed E-state index contributed by atoms with van der Waals surface area (Å²) in [5, 5.41) is 10.3. The number of hydrogen-bond acceptors (Lipinski definition) is 6. The largest absolute Gasteiger partial charge is 0.497 e. The first kappa shape index (κ1) is 17.8. The molecule has 1 fully saturated rings. The molecule has 2 heterocycles. The highest BCUT2D eigenvalue weighted by Crippen LogP contribution is 2.34. The smallest absolute Gasteiger partial charge is 0.230 e. The van der Waals surface area contributed by atoms with Crippen LogP contribution >= 0.6 is 0 Å². The van der Waals surface area contributed by atoms with Gasteiger partial charge in [-0.2, -0.15) is 0 Å². The fraction of sp³-hybridized carbons (Fsp3) is 0.526. The summed E-state index contributed by atoms with van der Waals surface area (Å²) in [5.74, 6) is 2.71. The molecular formula is C19H26N2O4. The second-order valence-electron chi connectivity index (χ2n) is 6.90. The van der Waals surface area contributed by atoms with Crippen LogP contribution in [0.2, 0.25) is 0 Å². The number of likely N-dealkylation sites (tertiary alicyclic amines) is 1. The van der Waals surface area contributed by atoms with Crippen LogP contribution < -0.4 is 9.47 Å². The second kappa shape index (κ2) is 7.06. The Labute approximate surface area is 148 Å². The van der Waals surface area contributed by atoms with Gasteiger partial charge in [0.2, 0.25) is 5.89 Å². The van der Waals surface area contributed by atoms with Crippen LogP contribution in [0, 0.1) is 6.92 Å². The van der Waals surface area contributed by atoms with Gasteiger partial charge < -0.3 is 19.0 Å². The Morgan fingerprint density at radius 3 is 2.80 bits per heavy atom. The highest BCUT2D eigenvalue weighted by molar-refractivity contribution is 5.65. The molecule has 0 radical (unpaired) electrons. The third kappa shape index (κ3) is 3.96. The molecule has 1 aromatic carbocycles. The maximum absolute atomic E-state index is 10.3. The second-order valence-corrected chi connectivity index (χ2v) is 6.90. The van der Waals surface area contributed by atoms with Gasteiger partial charge >= 0.3 is 0 Å². The van der Waals surface area contributed by atoms with E-state index in [9.17, 15) is 5.11 Å². The van der Waals surface area contributed by atoms with Crippen molar-refractivity contribution in [2.45, 2.75) is 38.8 Å². The fourth-order valence-corrected chi connectivity index (χ4v) is 3.34. The standard InChI is InChI=1S/C19H26N2O4/c1-13-16(11-21-9-5-8-19(2,22)12-21)20-18(25-13)15-10-14(23-3)6-7-17(15)24-4/h6-7,10,22H,5,8-9,11-12H2,1-4H3/t19-/m1/s1. The molecule has 1 aliphatic heterocycles. The number of methoxy groups -OCH3 is 2. The molecule has 1 atom stereocenters. The normalized spacial score (nSPS) is 21.3. The molecule has 0 unspecified atom stereocenters. The Kier molecular flexibility index (Phi) is 5.01. The van der Waals surface area contributed by atoms with E-state index in [0.29, 0.717) is 24.7 Å². The molecule has 6 heteroatoms. The van der Waals surface area contributed by atoms with E-state index < -0.39 is 5.60 Å². The lowest BCUT2D eigenvalue weighted by atomic mass is 9.95. The van der Waals surface area contributed by atoms with Crippen LogP contribution in [0.1, 0.15) is 31.2 Å². The molecule has 1 aliphatic rings. The molecule has 0 bridgehead atoms. The Bertz CT molecular complexity index is 739. The van der Waals surface area contributed by atoms with Gasteiger partial charge in [0.05, 0.1) is 31.1 Å². The van der Waals surface area contributed by atoms with E-state index in [-0.39, 0.29) is 0 Å². The van der Waals surface area contributed by atoms with Gasteiger partial charge in [0.15, 0.2) is 0 Å². The van der Waals surface area contributed by atoms with Gasteiger partial charge in [-0.15, -0.1) is 0 Å². The van der Waals surface area contributed by atoms with Gasteiger partial charge in [0.25, 0.3) is 0 Å². The molecule has 25 heavy (non-hydrogen) atoms. The summed E-state index contributed by atoms with van der Waals surface area (Å²) >= 11 is 0. The lowest BCUT2D eigenvalue weighted by Gasteiger charge is -2.36. The number of ether oxygens (including phenoxy) is 2. The van der Waals surface area contributed by atoms with Crippen LogP contribution in [0.15, 0.2) is 22.6 Å². The number of hydrogen-bond donors (Lipinski definition) is 1. The van der Waals surface area contributed by atoms with Crippen LogP contribution in [0.5, 0.6) is 11.5 Å². The van der Waals surface area contributed by atoms with Crippen molar-refractivity contribution >= 4 is 0 Å². The summed E-state index contributed by atoms with van der Waals surface area (Å²) < 4.78 is 16.6. The zero-order chi connectivity index (χ0) is 18.0. The first-order valence-corrected chi connectivity index (χ1v) is 8.55. The number of piperidine rings is 1. The van der Waals surface area contributed by atoms with E-state index in [4.69, 9.17) is 13.9 Å². The first-order valence-electron chi connectivity index (χ1n) is 8.55. The van der Waals surface area contributed by atoms with E-state index in [1.54, 1.807) is 14.2 Å². The minimum absolute atomic E-state index is 0.520. The summed E-state index contributed by atoms with van der Waals surface area (Å²) in [6, 6.07) is 5.55. The summed E-state index contributed by atoms with van der Waals surface area (Å²) in [5.41, 5.74) is 1.02. The van der Waals surface area contributed by atoms with Gasteiger partial charge in [-0.25, -0.2) is 4.98 Å². The van der Waals surface area contributed by atoms with Crippen molar-refractivity contribution in [2.75, 3.05) is 27.3 Å².